The fourth-order valence-corrected chi connectivity index (χ4v) is 0.755. The number of rotatable bonds is 6. The van der Waals surface area contributed by atoms with Crippen LogP contribution in [0.1, 0.15) is 19.8 Å². The van der Waals surface area contributed by atoms with E-state index >= 15 is 0 Å². The number of hydrogen-bond donors (Lipinski definition) is 0. The van der Waals surface area contributed by atoms with Crippen LogP contribution in [0.5, 0.6) is 0 Å². The molecule has 0 amide bonds. The number of halogens is 4. The van der Waals surface area contributed by atoms with Crippen LogP contribution in [0.2, 0.25) is 0 Å². The lowest BCUT2D eigenvalue weighted by molar-refractivity contribution is -0.137. The molecule has 15 heavy (non-hydrogen) atoms. The first kappa shape index (κ1) is 13.9. The van der Waals surface area contributed by atoms with E-state index in [0.717, 1.165) is 12.2 Å². The van der Waals surface area contributed by atoms with Crippen molar-refractivity contribution >= 4 is 5.97 Å². The Morgan fingerprint density at radius 3 is 2.53 bits per heavy atom. The van der Waals surface area contributed by atoms with Gasteiger partial charge in [-0.3, -0.25) is 0 Å². The lowest BCUT2D eigenvalue weighted by Crippen LogP contribution is -2.25. The molecule has 0 unspecified atom stereocenters. The summed E-state index contributed by atoms with van der Waals surface area (Å²) in [5.74, 6) is -4.67. The molecule has 0 aromatic carbocycles. The van der Waals surface area contributed by atoms with Crippen molar-refractivity contribution < 1.29 is 27.1 Å². The summed E-state index contributed by atoms with van der Waals surface area (Å²) in [5.41, 5.74) is 0. The molecule has 0 aliphatic carbocycles. The van der Waals surface area contributed by atoms with Crippen LogP contribution < -0.4 is 0 Å². The van der Waals surface area contributed by atoms with Gasteiger partial charge < -0.3 is 4.74 Å². The molecule has 88 valence electrons. The number of carbonyl (C=O) groups excluding carboxylic acids is 1. The van der Waals surface area contributed by atoms with Crippen LogP contribution in [0.3, 0.4) is 0 Å². The molecule has 0 N–H and O–H groups in total. The maximum Gasteiger partial charge on any atom is 0.330 e. The summed E-state index contributed by atoms with van der Waals surface area (Å²) in [6, 6.07) is 0. The molecule has 0 spiro atoms. The molecule has 0 aliphatic rings. The van der Waals surface area contributed by atoms with Gasteiger partial charge in [0.2, 0.25) is 0 Å². The van der Waals surface area contributed by atoms with Gasteiger partial charge in [0.25, 0.3) is 0 Å². The van der Waals surface area contributed by atoms with Gasteiger partial charge in [-0.1, -0.05) is 6.08 Å². The number of allylic oxidation sites excluding steroid dienone is 1. The third-order valence-corrected chi connectivity index (χ3v) is 1.50. The van der Waals surface area contributed by atoms with Crippen LogP contribution >= 0.6 is 0 Å². The van der Waals surface area contributed by atoms with Gasteiger partial charge in [-0.25, -0.2) is 22.4 Å². The standard InChI is InChI=1S/C9H12F4O2/c1-2-15-7(14)5-3-4-6-9(12,13)8(10)11/h3,5,8H,2,4,6H2,1H3/b5-3+. The highest BCUT2D eigenvalue weighted by atomic mass is 19.3. The SMILES string of the molecule is CCOC(=O)/C=C/CCC(F)(F)C(F)F. The fourth-order valence-electron chi connectivity index (χ4n) is 0.755. The number of hydrogen-bond acceptors (Lipinski definition) is 2. The van der Waals surface area contributed by atoms with E-state index in [4.69, 9.17) is 0 Å². The molecule has 0 rings (SSSR count). The van der Waals surface area contributed by atoms with Gasteiger partial charge in [-0.15, -0.1) is 0 Å². The molecule has 0 saturated carbocycles. The summed E-state index contributed by atoms with van der Waals surface area (Å²) in [6.07, 6.45) is -2.91. The minimum Gasteiger partial charge on any atom is -0.463 e. The summed E-state index contributed by atoms with van der Waals surface area (Å²) in [6.45, 7) is 1.77. The van der Waals surface area contributed by atoms with Crippen molar-refractivity contribution in [3.05, 3.63) is 12.2 Å². The van der Waals surface area contributed by atoms with Gasteiger partial charge >= 0.3 is 18.3 Å². The van der Waals surface area contributed by atoms with Crippen molar-refractivity contribution in [2.75, 3.05) is 6.61 Å². The summed E-state index contributed by atoms with van der Waals surface area (Å²) in [5, 5.41) is 0. The Labute approximate surface area is 84.9 Å². The van der Waals surface area contributed by atoms with Crippen LogP contribution in [0, 0.1) is 0 Å². The summed E-state index contributed by atoms with van der Waals surface area (Å²) in [4.78, 5) is 10.7. The quantitative estimate of drug-likeness (QED) is 0.397. The number of carbonyl (C=O) groups is 1. The van der Waals surface area contributed by atoms with Crippen LogP contribution in [0.25, 0.3) is 0 Å². The Morgan fingerprint density at radius 1 is 1.47 bits per heavy atom. The molecule has 0 fully saturated rings. The van der Waals surface area contributed by atoms with Crippen molar-refractivity contribution in [1.29, 1.82) is 0 Å². The van der Waals surface area contributed by atoms with E-state index in [1.807, 2.05) is 0 Å². The third kappa shape index (κ3) is 6.09. The van der Waals surface area contributed by atoms with Gasteiger partial charge in [-0.05, 0) is 13.3 Å². The van der Waals surface area contributed by atoms with E-state index in [1.54, 1.807) is 6.92 Å². The minimum absolute atomic E-state index is 0.177. The highest BCUT2D eigenvalue weighted by Gasteiger charge is 2.39. The number of ether oxygens (including phenoxy) is 1. The minimum atomic E-state index is -4.00. The predicted molar refractivity (Wildman–Crippen MR) is 46.0 cm³/mol. The molecular formula is C9H12F4O2. The zero-order chi connectivity index (χ0) is 11.9. The molecule has 0 bridgehead atoms. The van der Waals surface area contributed by atoms with Crippen molar-refractivity contribution in [2.45, 2.75) is 32.1 Å². The molecule has 0 saturated heterocycles. The zero-order valence-electron chi connectivity index (χ0n) is 8.18. The van der Waals surface area contributed by atoms with Gasteiger partial charge in [-0.2, -0.15) is 0 Å². The Kier molecular flexibility index (Phi) is 5.96. The number of esters is 1. The second-order valence-electron chi connectivity index (χ2n) is 2.75. The topological polar surface area (TPSA) is 26.3 Å². The maximum atomic E-state index is 12.3. The normalized spacial score (nSPS) is 12.4. The van der Waals surface area contributed by atoms with Crippen LogP contribution in [-0.2, 0) is 9.53 Å². The summed E-state index contributed by atoms with van der Waals surface area (Å²) in [7, 11) is 0. The average molecular weight is 228 g/mol. The van der Waals surface area contributed by atoms with Gasteiger partial charge in [0.15, 0.2) is 0 Å². The highest BCUT2D eigenvalue weighted by Crippen LogP contribution is 2.27. The van der Waals surface area contributed by atoms with E-state index in [1.165, 1.54) is 0 Å². The van der Waals surface area contributed by atoms with Crippen LogP contribution in [0.4, 0.5) is 17.6 Å². The molecule has 0 atom stereocenters. The first-order valence-corrected chi connectivity index (χ1v) is 4.39. The molecule has 0 aromatic rings. The summed E-state index contributed by atoms with van der Waals surface area (Å²) >= 11 is 0. The Balaban J connectivity index is 3.83. The molecule has 0 aliphatic heterocycles. The van der Waals surface area contributed by atoms with Crippen molar-refractivity contribution in [1.82, 2.24) is 0 Å². The second-order valence-corrected chi connectivity index (χ2v) is 2.75. The first-order valence-electron chi connectivity index (χ1n) is 4.39. The van der Waals surface area contributed by atoms with E-state index in [2.05, 4.69) is 4.74 Å². The Morgan fingerprint density at radius 2 is 2.07 bits per heavy atom. The fraction of sp³-hybridized carbons (Fsp3) is 0.667. The molecule has 0 aromatic heterocycles. The number of alkyl halides is 4. The van der Waals surface area contributed by atoms with Gasteiger partial charge in [0.1, 0.15) is 0 Å². The van der Waals surface area contributed by atoms with E-state index in [0.29, 0.717) is 0 Å². The lowest BCUT2D eigenvalue weighted by Gasteiger charge is -2.13. The van der Waals surface area contributed by atoms with Gasteiger partial charge in [0.05, 0.1) is 6.61 Å². The highest BCUT2D eigenvalue weighted by molar-refractivity contribution is 5.81. The largest absolute Gasteiger partial charge is 0.463 e. The van der Waals surface area contributed by atoms with Gasteiger partial charge in [0, 0.05) is 12.5 Å². The Hall–Kier alpha value is -1.07. The van der Waals surface area contributed by atoms with E-state index in [-0.39, 0.29) is 13.0 Å². The maximum absolute atomic E-state index is 12.3. The monoisotopic (exact) mass is 228 g/mol. The zero-order valence-corrected chi connectivity index (χ0v) is 8.18. The second kappa shape index (κ2) is 6.42. The lowest BCUT2D eigenvalue weighted by atomic mass is 10.2. The van der Waals surface area contributed by atoms with Crippen molar-refractivity contribution in [3.8, 4) is 0 Å². The predicted octanol–water partition coefficient (Wildman–Crippen LogP) is 2.79. The summed E-state index contributed by atoms with van der Waals surface area (Å²) < 4.78 is 52.4. The van der Waals surface area contributed by atoms with Crippen molar-refractivity contribution in [2.24, 2.45) is 0 Å². The molecular weight excluding hydrogens is 216 g/mol. The third-order valence-electron chi connectivity index (χ3n) is 1.50. The molecule has 6 heteroatoms. The Bertz CT molecular complexity index is 226. The van der Waals surface area contributed by atoms with E-state index in [9.17, 15) is 22.4 Å². The van der Waals surface area contributed by atoms with E-state index < -0.39 is 24.7 Å². The molecule has 2 nitrogen and oxygen atoms in total. The smallest absolute Gasteiger partial charge is 0.330 e. The van der Waals surface area contributed by atoms with Crippen LogP contribution in [-0.4, -0.2) is 24.9 Å². The van der Waals surface area contributed by atoms with Crippen molar-refractivity contribution in [3.63, 3.8) is 0 Å². The average Bonchev–Trinajstić information content (AvgIpc) is 2.13. The molecule has 0 heterocycles. The molecule has 0 radical (unpaired) electrons. The first-order chi connectivity index (χ1) is 6.90. The van der Waals surface area contributed by atoms with Crippen LogP contribution in [0.15, 0.2) is 12.2 Å².